The van der Waals surface area contributed by atoms with Gasteiger partial charge in [-0.25, -0.2) is 0 Å². The molecule has 0 spiro atoms. The van der Waals surface area contributed by atoms with Crippen LogP contribution in [-0.2, 0) is 0 Å². The number of rotatable bonds is 5. The first-order valence-corrected chi connectivity index (χ1v) is 9.69. The highest BCUT2D eigenvalue weighted by Crippen LogP contribution is 2.37. The van der Waals surface area contributed by atoms with Crippen LogP contribution in [0.5, 0.6) is 0 Å². The maximum atomic E-state index is 11.3. The molecular formula is C25H18OS. The van der Waals surface area contributed by atoms with E-state index < -0.39 is 0 Å². The van der Waals surface area contributed by atoms with Crippen LogP contribution in [0.2, 0.25) is 0 Å². The van der Waals surface area contributed by atoms with Gasteiger partial charge in [-0.3, -0.25) is 4.79 Å². The second-order valence-electron chi connectivity index (χ2n) is 6.20. The quantitative estimate of drug-likeness (QED) is 0.288. The lowest BCUT2D eigenvalue weighted by Crippen LogP contribution is -1.96. The molecule has 1 heterocycles. The number of carbonyl (C=O) groups excluding carboxylic acids is 1. The van der Waals surface area contributed by atoms with Crippen LogP contribution in [0.1, 0.15) is 31.9 Å². The SMILES string of the molecule is O=Cc1cc(C(=C(c2ccccc2)c2ccccc2)c2ccccc2)cs1. The molecule has 0 saturated heterocycles. The molecule has 0 atom stereocenters. The van der Waals surface area contributed by atoms with Crippen molar-refractivity contribution in [2.24, 2.45) is 0 Å². The Bertz CT molecular complexity index is 1020. The van der Waals surface area contributed by atoms with Crippen molar-refractivity contribution in [1.82, 2.24) is 0 Å². The Labute approximate surface area is 163 Å². The van der Waals surface area contributed by atoms with Crippen molar-refractivity contribution in [3.05, 3.63) is 130 Å². The Morgan fingerprint density at radius 3 is 1.37 bits per heavy atom. The molecule has 4 rings (SSSR count). The van der Waals surface area contributed by atoms with Gasteiger partial charge in [-0.2, -0.15) is 0 Å². The number of hydrogen-bond donors (Lipinski definition) is 0. The van der Waals surface area contributed by atoms with Gasteiger partial charge < -0.3 is 0 Å². The molecular weight excluding hydrogens is 348 g/mol. The summed E-state index contributed by atoms with van der Waals surface area (Å²) in [5.74, 6) is 0. The normalized spacial score (nSPS) is 10.4. The van der Waals surface area contributed by atoms with Crippen molar-refractivity contribution in [3.8, 4) is 0 Å². The first-order chi connectivity index (χ1) is 13.4. The monoisotopic (exact) mass is 366 g/mol. The van der Waals surface area contributed by atoms with Crippen molar-refractivity contribution in [1.29, 1.82) is 0 Å². The summed E-state index contributed by atoms with van der Waals surface area (Å²) in [7, 11) is 0. The zero-order valence-electron chi connectivity index (χ0n) is 14.7. The minimum absolute atomic E-state index is 0.735. The average molecular weight is 366 g/mol. The van der Waals surface area contributed by atoms with Crippen molar-refractivity contribution in [2.75, 3.05) is 0 Å². The lowest BCUT2D eigenvalue weighted by Gasteiger charge is -2.17. The van der Waals surface area contributed by atoms with Crippen LogP contribution in [-0.4, -0.2) is 6.29 Å². The molecule has 0 radical (unpaired) electrons. The van der Waals surface area contributed by atoms with Crippen molar-refractivity contribution in [2.45, 2.75) is 0 Å². The fraction of sp³-hybridized carbons (Fsp3) is 0. The molecule has 0 aliphatic carbocycles. The summed E-state index contributed by atoms with van der Waals surface area (Å²) in [5, 5.41) is 2.07. The Hall–Kier alpha value is -3.23. The highest BCUT2D eigenvalue weighted by molar-refractivity contribution is 7.11. The lowest BCUT2D eigenvalue weighted by atomic mass is 9.86. The summed E-state index contributed by atoms with van der Waals surface area (Å²) in [5.41, 5.74) is 6.81. The van der Waals surface area contributed by atoms with Gasteiger partial charge in [0.05, 0.1) is 4.88 Å². The van der Waals surface area contributed by atoms with E-state index in [1.54, 1.807) is 0 Å². The molecule has 0 amide bonds. The Kier molecular flexibility index (Phi) is 5.08. The van der Waals surface area contributed by atoms with Crippen LogP contribution >= 0.6 is 11.3 Å². The van der Waals surface area contributed by atoms with Crippen LogP contribution in [0, 0.1) is 0 Å². The standard InChI is InChI=1S/C25H18OS/c26-17-23-16-22(18-27-23)25(21-14-8-3-9-15-21)24(19-10-4-1-5-11-19)20-12-6-2-7-13-20/h1-18H. The molecule has 0 aliphatic heterocycles. The molecule has 130 valence electrons. The molecule has 27 heavy (non-hydrogen) atoms. The van der Waals surface area contributed by atoms with Gasteiger partial charge in [0.25, 0.3) is 0 Å². The van der Waals surface area contributed by atoms with Crippen molar-refractivity contribution < 1.29 is 4.79 Å². The summed E-state index contributed by atoms with van der Waals surface area (Å²) in [4.78, 5) is 12.0. The van der Waals surface area contributed by atoms with Crippen LogP contribution < -0.4 is 0 Å². The third kappa shape index (κ3) is 3.67. The molecule has 0 N–H and O–H groups in total. The van der Waals surface area contributed by atoms with Gasteiger partial charge >= 0.3 is 0 Å². The molecule has 1 aromatic heterocycles. The molecule has 2 heteroatoms. The Morgan fingerprint density at radius 2 is 1.00 bits per heavy atom. The first kappa shape index (κ1) is 17.2. The number of carbonyl (C=O) groups is 1. The first-order valence-electron chi connectivity index (χ1n) is 8.81. The van der Waals surface area contributed by atoms with E-state index in [-0.39, 0.29) is 0 Å². The number of thiophene rings is 1. The summed E-state index contributed by atoms with van der Waals surface area (Å²) in [6.07, 6.45) is 0.918. The molecule has 1 nitrogen and oxygen atoms in total. The molecule has 3 aromatic carbocycles. The average Bonchev–Trinajstić information content (AvgIpc) is 3.22. The molecule has 0 saturated carbocycles. The van der Waals surface area contributed by atoms with Crippen LogP contribution in [0.15, 0.2) is 102 Å². The van der Waals surface area contributed by atoms with Crippen LogP contribution in [0.3, 0.4) is 0 Å². The summed E-state index contributed by atoms with van der Waals surface area (Å²) in [6.45, 7) is 0. The predicted octanol–water partition coefficient (Wildman–Crippen LogP) is 6.57. The third-order valence-corrected chi connectivity index (χ3v) is 5.32. The van der Waals surface area contributed by atoms with Crippen LogP contribution in [0.4, 0.5) is 0 Å². The second kappa shape index (κ2) is 7.98. The summed E-state index contributed by atoms with van der Waals surface area (Å²) >= 11 is 1.48. The molecule has 4 aromatic rings. The smallest absolute Gasteiger partial charge is 0.160 e. The van der Waals surface area contributed by atoms with E-state index in [4.69, 9.17) is 0 Å². The van der Waals surface area contributed by atoms with E-state index in [9.17, 15) is 4.79 Å². The number of hydrogen-bond acceptors (Lipinski definition) is 2. The summed E-state index contributed by atoms with van der Waals surface area (Å²) < 4.78 is 0. The largest absolute Gasteiger partial charge is 0.297 e. The van der Waals surface area contributed by atoms with E-state index in [2.05, 4.69) is 78.2 Å². The molecule has 0 bridgehead atoms. The van der Waals surface area contributed by atoms with E-state index >= 15 is 0 Å². The maximum absolute atomic E-state index is 11.3. The minimum Gasteiger partial charge on any atom is -0.297 e. The van der Waals surface area contributed by atoms with Gasteiger partial charge in [0.15, 0.2) is 6.29 Å². The Morgan fingerprint density at radius 1 is 0.593 bits per heavy atom. The van der Waals surface area contributed by atoms with Gasteiger partial charge in [-0.15, -0.1) is 11.3 Å². The fourth-order valence-corrected chi connectivity index (χ4v) is 3.97. The minimum atomic E-state index is 0.735. The number of aldehydes is 1. The zero-order valence-corrected chi connectivity index (χ0v) is 15.5. The second-order valence-corrected chi connectivity index (χ2v) is 7.15. The van der Waals surface area contributed by atoms with Crippen molar-refractivity contribution >= 4 is 28.8 Å². The zero-order chi connectivity index (χ0) is 18.5. The van der Waals surface area contributed by atoms with E-state index in [0.29, 0.717) is 0 Å². The van der Waals surface area contributed by atoms with E-state index in [0.717, 1.165) is 44.6 Å². The third-order valence-electron chi connectivity index (χ3n) is 4.46. The highest BCUT2D eigenvalue weighted by Gasteiger charge is 2.17. The molecule has 0 aliphatic rings. The maximum Gasteiger partial charge on any atom is 0.160 e. The summed E-state index contributed by atoms with van der Waals surface area (Å²) in [6, 6.07) is 33.2. The molecule has 0 unspecified atom stereocenters. The van der Waals surface area contributed by atoms with E-state index in [1.165, 1.54) is 11.3 Å². The van der Waals surface area contributed by atoms with Gasteiger partial charge in [0.1, 0.15) is 0 Å². The van der Waals surface area contributed by atoms with Crippen LogP contribution in [0.25, 0.3) is 11.1 Å². The fourth-order valence-electron chi connectivity index (χ4n) is 3.27. The van der Waals surface area contributed by atoms with Gasteiger partial charge in [0, 0.05) is 0 Å². The Balaban J connectivity index is 2.08. The van der Waals surface area contributed by atoms with E-state index in [1.807, 2.05) is 24.3 Å². The van der Waals surface area contributed by atoms with Gasteiger partial charge in [-0.1, -0.05) is 91.0 Å². The highest BCUT2D eigenvalue weighted by atomic mass is 32.1. The van der Waals surface area contributed by atoms with Gasteiger partial charge in [0.2, 0.25) is 0 Å². The van der Waals surface area contributed by atoms with Crippen molar-refractivity contribution in [3.63, 3.8) is 0 Å². The predicted molar refractivity (Wildman–Crippen MR) is 114 cm³/mol. The topological polar surface area (TPSA) is 17.1 Å². The molecule has 0 fully saturated rings. The van der Waals surface area contributed by atoms with Gasteiger partial charge in [-0.05, 0) is 44.8 Å². The number of benzene rings is 3. The lowest BCUT2D eigenvalue weighted by molar-refractivity contribution is 0.112.